The van der Waals surface area contributed by atoms with Gasteiger partial charge in [-0.1, -0.05) is 0 Å². The topological polar surface area (TPSA) is 62.1 Å². The molecule has 13 heavy (non-hydrogen) atoms. The van der Waals surface area contributed by atoms with Crippen LogP contribution in [0.2, 0.25) is 0 Å². The zero-order chi connectivity index (χ0) is 9.26. The largest absolute Gasteiger partial charge is 0.443 e. The van der Waals surface area contributed by atoms with Crippen LogP contribution >= 0.6 is 23.6 Å². The molecule has 0 spiro atoms. The number of H-pyrrole nitrogens is 1. The number of nitrogens with one attached hydrogen (secondary N) is 1. The van der Waals surface area contributed by atoms with Crippen LogP contribution in [-0.2, 0) is 6.61 Å². The van der Waals surface area contributed by atoms with Gasteiger partial charge in [-0.05, 0) is 12.2 Å². The maximum atomic E-state index is 8.75. The van der Waals surface area contributed by atoms with Gasteiger partial charge in [0.15, 0.2) is 3.95 Å². The van der Waals surface area contributed by atoms with E-state index in [1.807, 2.05) is 5.38 Å². The second kappa shape index (κ2) is 3.41. The summed E-state index contributed by atoms with van der Waals surface area (Å²) in [6, 6.07) is 0. The lowest BCUT2D eigenvalue weighted by Gasteiger charge is -1.85. The second-order valence-corrected chi connectivity index (χ2v) is 3.91. The van der Waals surface area contributed by atoms with E-state index in [-0.39, 0.29) is 6.61 Å². The SMILES string of the molecule is OCc1coc(-c2csc(=S)[nH]2)n1. The number of aliphatic hydroxyl groups is 1. The van der Waals surface area contributed by atoms with Crippen molar-refractivity contribution in [2.75, 3.05) is 0 Å². The molecular weight excluding hydrogens is 208 g/mol. The number of oxazole rings is 1. The summed E-state index contributed by atoms with van der Waals surface area (Å²) >= 11 is 6.33. The van der Waals surface area contributed by atoms with Gasteiger partial charge in [0.2, 0.25) is 5.89 Å². The molecule has 0 unspecified atom stereocenters. The van der Waals surface area contributed by atoms with E-state index in [2.05, 4.69) is 9.97 Å². The van der Waals surface area contributed by atoms with Gasteiger partial charge in [0.1, 0.15) is 17.7 Å². The number of aliphatic hydroxyl groups excluding tert-OH is 1. The maximum absolute atomic E-state index is 8.75. The molecule has 0 bridgehead atoms. The third-order valence-electron chi connectivity index (χ3n) is 1.46. The highest BCUT2D eigenvalue weighted by molar-refractivity contribution is 7.73. The van der Waals surface area contributed by atoms with Gasteiger partial charge in [-0.2, -0.15) is 0 Å². The fraction of sp³-hybridized carbons (Fsp3) is 0.143. The van der Waals surface area contributed by atoms with Crippen LogP contribution in [0.4, 0.5) is 0 Å². The number of rotatable bonds is 2. The van der Waals surface area contributed by atoms with E-state index in [4.69, 9.17) is 21.7 Å². The smallest absolute Gasteiger partial charge is 0.244 e. The molecule has 0 aliphatic rings. The van der Waals surface area contributed by atoms with Crippen LogP contribution in [0.3, 0.4) is 0 Å². The summed E-state index contributed by atoms with van der Waals surface area (Å²) in [6.45, 7) is -0.117. The first-order valence-corrected chi connectivity index (χ1v) is 4.82. The van der Waals surface area contributed by atoms with E-state index >= 15 is 0 Å². The van der Waals surface area contributed by atoms with Gasteiger partial charge in [-0.15, -0.1) is 11.3 Å². The Morgan fingerprint density at radius 2 is 2.54 bits per heavy atom. The molecule has 68 valence electrons. The molecule has 2 N–H and O–H groups in total. The molecule has 2 aromatic rings. The first kappa shape index (κ1) is 8.61. The van der Waals surface area contributed by atoms with Crippen LogP contribution in [0.5, 0.6) is 0 Å². The number of aromatic nitrogens is 2. The third-order valence-corrected chi connectivity index (χ3v) is 2.53. The van der Waals surface area contributed by atoms with Crippen molar-refractivity contribution < 1.29 is 9.52 Å². The number of hydrogen-bond donors (Lipinski definition) is 2. The van der Waals surface area contributed by atoms with Gasteiger partial charge in [0, 0.05) is 5.38 Å². The molecule has 0 saturated heterocycles. The molecular formula is C7H6N2O2S2. The van der Waals surface area contributed by atoms with Gasteiger partial charge < -0.3 is 14.5 Å². The van der Waals surface area contributed by atoms with Crippen LogP contribution in [0.25, 0.3) is 11.6 Å². The van der Waals surface area contributed by atoms with Crippen LogP contribution < -0.4 is 0 Å². The zero-order valence-electron chi connectivity index (χ0n) is 6.48. The molecule has 0 aliphatic carbocycles. The predicted molar refractivity (Wildman–Crippen MR) is 50.9 cm³/mol. The predicted octanol–water partition coefficient (Wildman–Crippen LogP) is 1.95. The standard InChI is InChI=1S/C7H6N2O2S2/c10-1-4-2-11-6(8-4)5-3-13-7(12)9-5/h2-3,10H,1H2,(H,9,12). The summed E-state index contributed by atoms with van der Waals surface area (Å²) in [5, 5.41) is 10.6. The van der Waals surface area contributed by atoms with Crippen molar-refractivity contribution in [3.63, 3.8) is 0 Å². The van der Waals surface area contributed by atoms with E-state index in [1.165, 1.54) is 17.6 Å². The third kappa shape index (κ3) is 1.69. The molecule has 2 aromatic heterocycles. The molecule has 2 heterocycles. The first-order chi connectivity index (χ1) is 6.29. The Morgan fingerprint density at radius 3 is 3.08 bits per heavy atom. The molecule has 0 radical (unpaired) electrons. The molecule has 4 nitrogen and oxygen atoms in total. The number of hydrogen-bond acceptors (Lipinski definition) is 5. The summed E-state index contributed by atoms with van der Waals surface area (Å²) in [7, 11) is 0. The van der Waals surface area contributed by atoms with Crippen molar-refractivity contribution in [2.24, 2.45) is 0 Å². The van der Waals surface area contributed by atoms with Crippen LogP contribution in [0, 0.1) is 3.95 Å². The highest BCUT2D eigenvalue weighted by Gasteiger charge is 2.06. The van der Waals surface area contributed by atoms with Crippen molar-refractivity contribution in [1.82, 2.24) is 9.97 Å². The first-order valence-electron chi connectivity index (χ1n) is 3.53. The minimum absolute atomic E-state index is 0.117. The lowest BCUT2D eigenvalue weighted by molar-refractivity contribution is 0.276. The van der Waals surface area contributed by atoms with Crippen molar-refractivity contribution in [1.29, 1.82) is 0 Å². The molecule has 0 aromatic carbocycles. The fourth-order valence-corrected chi connectivity index (χ4v) is 1.70. The minimum atomic E-state index is -0.117. The van der Waals surface area contributed by atoms with Crippen molar-refractivity contribution in [3.05, 3.63) is 21.3 Å². The van der Waals surface area contributed by atoms with E-state index in [0.717, 1.165) is 5.69 Å². The van der Waals surface area contributed by atoms with Crippen LogP contribution in [-0.4, -0.2) is 15.1 Å². The van der Waals surface area contributed by atoms with Gasteiger partial charge in [0.25, 0.3) is 0 Å². The number of nitrogens with zero attached hydrogens (tertiary/aromatic N) is 1. The van der Waals surface area contributed by atoms with E-state index in [0.29, 0.717) is 15.5 Å². The van der Waals surface area contributed by atoms with Gasteiger partial charge in [0.05, 0.1) is 6.61 Å². The lowest BCUT2D eigenvalue weighted by atomic mass is 10.5. The summed E-state index contributed by atoms with van der Waals surface area (Å²) in [6.07, 6.45) is 1.42. The Hall–Kier alpha value is -0.980. The number of thiazole rings is 1. The Bertz CT molecular complexity index is 457. The monoisotopic (exact) mass is 214 g/mol. The lowest BCUT2D eigenvalue weighted by Crippen LogP contribution is -1.82. The van der Waals surface area contributed by atoms with Gasteiger partial charge in [-0.25, -0.2) is 4.98 Å². The van der Waals surface area contributed by atoms with Crippen LogP contribution in [0.1, 0.15) is 5.69 Å². The highest BCUT2D eigenvalue weighted by Crippen LogP contribution is 2.18. The molecule has 0 aliphatic heterocycles. The van der Waals surface area contributed by atoms with E-state index < -0.39 is 0 Å². The maximum Gasteiger partial charge on any atom is 0.244 e. The summed E-state index contributed by atoms with van der Waals surface area (Å²) in [5.41, 5.74) is 1.26. The molecule has 2 rings (SSSR count). The van der Waals surface area contributed by atoms with Gasteiger partial charge in [-0.3, -0.25) is 0 Å². The van der Waals surface area contributed by atoms with Crippen molar-refractivity contribution in [2.45, 2.75) is 6.61 Å². The van der Waals surface area contributed by atoms with Crippen molar-refractivity contribution >= 4 is 23.6 Å². The fourth-order valence-electron chi connectivity index (χ4n) is 0.889. The normalized spacial score (nSPS) is 10.5. The Balaban J connectivity index is 2.40. The molecule has 6 heteroatoms. The number of aromatic amines is 1. The van der Waals surface area contributed by atoms with Crippen LogP contribution in [0.15, 0.2) is 16.1 Å². The Kier molecular flexibility index (Phi) is 2.26. The summed E-state index contributed by atoms with van der Waals surface area (Å²) < 4.78 is 5.79. The van der Waals surface area contributed by atoms with Crippen molar-refractivity contribution in [3.8, 4) is 11.6 Å². The average molecular weight is 214 g/mol. The quantitative estimate of drug-likeness (QED) is 0.750. The molecule has 0 amide bonds. The Morgan fingerprint density at radius 1 is 1.69 bits per heavy atom. The minimum Gasteiger partial charge on any atom is -0.443 e. The Labute approximate surface area is 82.9 Å². The molecule has 0 fully saturated rings. The molecule has 0 atom stereocenters. The summed E-state index contributed by atoms with van der Waals surface area (Å²) in [5.74, 6) is 0.455. The zero-order valence-corrected chi connectivity index (χ0v) is 8.11. The highest BCUT2D eigenvalue weighted by atomic mass is 32.1. The summed E-state index contributed by atoms with van der Waals surface area (Å²) in [4.78, 5) is 6.95. The van der Waals surface area contributed by atoms with Gasteiger partial charge >= 0.3 is 0 Å². The van der Waals surface area contributed by atoms with E-state index in [9.17, 15) is 0 Å². The molecule has 0 saturated carbocycles. The average Bonchev–Trinajstić information content (AvgIpc) is 2.71. The van der Waals surface area contributed by atoms with E-state index in [1.54, 1.807) is 0 Å². The second-order valence-electron chi connectivity index (χ2n) is 2.36.